The molecular weight excluding hydrogens is 148 g/mol. The molecule has 0 aliphatic rings. The highest BCUT2D eigenvalue weighted by Crippen LogP contribution is 2.06. The number of benzene rings is 1. The van der Waals surface area contributed by atoms with Crippen LogP contribution in [0.15, 0.2) is 24.3 Å². The highest BCUT2D eigenvalue weighted by atomic mass is 35.5. The summed E-state index contributed by atoms with van der Waals surface area (Å²) in [6.45, 7) is -0.150. The summed E-state index contributed by atoms with van der Waals surface area (Å²) in [5, 5.41) is 10.3. The number of halogens is 1. The molecule has 0 N–H and O–H groups in total. The molecule has 0 heterocycles. The van der Waals surface area contributed by atoms with E-state index in [0.29, 0.717) is 5.88 Å². The Kier molecular flexibility index (Phi) is 2.72. The number of hydrogen-bond donors (Lipinski definition) is 0. The largest absolute Gasteiger partial charge is 0.232 e. The van der Waals surface area contributed by atoms with Crippen LogP contribution in [0.25, 0.3) is 0 Å². The van der Waals surface area contributed by atoms with E-state index in [1.807, 2.05) is 24.3 Å². The van der Waals surface area contributed by atoms with E-state index in [1.54, 1.807) is 0 Å². The van der Waals surface area contributed by atoms with Crippen molar-refractivity contribution in [1.82, 2.24) is 0 Å². The summed E-state index contributed by atoms with van der Waals surface area (Å²) >= 11 is 5.54. The van der Waals surface area contributed by atoms with Crippen LogP contribution in [0.2, 0.25) is 0 Å². The fourth-order valence-electron chi connectivity index (χ4n) is 0.725. The van der Waals surface area contributed by atoms with E-state index in [9.17, 15) is 5.11 Å². The Hall–Kier alpha value is -0.530. The summed E-state index contributed by atoms with van der Waals surface area (Å²) < 4.78 is 0. The molecule has 53 valence electrons. The SMILES string of the molecule is [O]Cc1ccc(CCl)cc1. The van der Waals surface area contributed by atoms with E-state index in [0.717, 1.165) is 11.1 Å². The van der Waals surface area contributed by atoms with Gasteiger partial charge in [0.25, 0.3) is 0 Å². The highest BCUT2D eigenvalue weighted by molar-refractivity contribution is 6.17. The maximum Gasteiger partial charge on any atom is 0.107 e. The lowest BCUT2D eigenvalue weighted by Gasteiger charge is -1.95. The Morgan fingerprint density at radius 1 is 1.10 bits per heavy atom. The van der Waals surface area contributed by atoms with Crippen molar-refractivity contribution in [3.63, 3.8) is 0 Å². The van der Waals surface area contributed by atoms with Crippen molar-refractivity contribution in [2.24, 2.45) is 0 Å². The standard InChI is InChI=1S/C8H8ClO/c9-5-7-1-3-8(6-10)4-2-7/h1-4H,5-6H2. The zero-order valence-electron chi connectivity index (χ0n) is 5.51. The first-order valence-electron chi connectivity index (χ1n) is 3.08. The van der Waals surface area contributed by atoms with Crippen LogP contribution in [0.1, 0.15) is 11.1 Å². The smallest absolute Gasteiger partial charge is 0.107 e. The monoisotopic (exact) mass is 155 g/mol. The van der Waals surface area contributed by atoms with Crippen molar-refractivity contribution in [1.29, 1.82) is 0 Å². The molecule has 0 aliphatic carbocycles. The lowest BCUT2D eigenvalue weighted by Crippen LogP contribution is -1.81. The fourth-order valence-corrected chi connectivity index (χ4v) is 0.903. The second-order valence-electron chi connectivity index (χ2n) is 2.09. The molecule has 0 aromatic heterocycles. The van der Waals surface area contributed by atoms with Gasteiger partial charge in [0.2, 0.25) is 0 Å². The van der Waals surface area contributed by atoms with Gasteiger partial charge in [0.15, 0.2) is 0 Å². The minimum absolute atomic E-state index is 0.150. The van der Waals surface area contributed by atoms with Crippen molar-refractivity contribution in [2.75, 3.05) is 0 Å². The van der Waals surface area contributed by atoms with Gasteiger partial charge in [-0.3, -0.25) is 0 Å². The molecular formula is C8H8ClO. The third kappa shape index (κ3) is 1.72. The normalized spacial score (nSPS) is 9.80. The quantitative estimate of drug-likeness (QED) is 0.585. The van der Waals surface area contributed by atoms with Gasteiger partial charge in [-0.2, -0.15) is 0 Å². The second kappa shape index (κ2) is 3.59. The van der Waals surface area contributed by atoms with Gasteiger partial charge in [-0.05, 0) is 11.1 Å². The van der Waals surface area contributed by atoms with Crippen LogP contribution in [0.5, 0.6) is 0 Å². The van der Waals surface area contributed by atoms with Crippen LogP contribution in [-0.2, 0) is 17.6 Å². The van der Waals surface area contributed by atoms with E-state index in [4.69, 9.17) is 11.6 Å². The first-order valence-corrected chi connectivity index (χ1v) is 3.62. The second-order valence-corrected chi connectivity index (χ2v) is 2.36. The van der Waals surface area contributed by atoms with Gasteiger partial charge in [-0.1, -0.05) is 24.3 Å². The summed E-state index contributed by atoms with van der Waals surface area (Å²) in [5.41, 5.74) is 1.87. The van der Waals surface area contributed by atoms with Crippen LogP contribution < -0.4 is 0 Å². The van der Waals surface area contributed by atoms with Crippen molar-refractivity contribution < 1.29 is 5.11 Å². The number of alkyl halides is 1. The molecule has 1 rings (SSSR count). The summed E-state index contributed by atoms with van der Waals surface area (Å²) in [7, 11) is 0. The molecule has 0 amide bonds. The lowest BCUT2D eigenvalue weighted by atomic mass is 10.2. The molecule has 0 fully saturated rings. The van der Waals surface area contributed by atoms with Crippen molar-refractivity contribution in [3.05, 3.63) is 35.4 Å². The molecule has 0 atom stereocenters. The summed E-state index contributed by atoms with van der Waals surface area (Å²) in [4.78, 5) is 0. The maximum absolute atomic E-state index is 10.3. The van der Waals surface area contributed by atoms with Gasteiger partial charge >= 0.3 is 0 Å². The van der Waals surface area contributed by atoms with E-state index < -0.39 is 0 Å². The van der Waals surface area contributed by atoms with E-state index in [-0.39, 0.29) is 6.61 Å². The number of hydrogen-bond acceptors (Lipinski definition) is 0. The highest BCUT2D eigenvalue weighted by Gasteiger charge is 1.90. The van der Waals surface area contributed by atoms with Crippen LogP contribution in [-0.4, -0.2) is 0 Å². The topological polar surface area (TPSA) is 19.9 Å². The molecule has 0 aliphatic heterocycles. The summed E-state index contributed by atoms with van der Waals surface area (Å²) in [6.07, 6.45) is 0. The fraction of sp³-hybridized carbons (Fsp3) is 0.250. The van der Waals surface area contributed by atoms with Crippen molar-refractivity contribution >= 4 is 11.6 Å². The Morgan fingerprint density at radius 3 is 2.00 bits per heavy atom. The molecule has 1 aromatic rings. The van der Waals surface area contributed by atoms with Crippen LogP contribution in [0, 0.1) is 0 Å². The van der Waals surface area contributed by atoms with Crippen molar-refractivity contribution in [3.8, 4) is 0 Å². The molecule has 0 unspecified atom stereocenters. The van der Waals surface area contributed by atoms with Crippen molar-refractivity contribution in [2.45, 2.75) is 12.5 Å². The van der Waals surface area contributed by atoms with Gasteiger partial charge < -0.3 is 0 Å². The van der Waals surface area contributed by atoms with Crippen LogP contribution in [0.4, 0.5) is 0 Å². The Balaban J connectivity index is 2.80. The molecule has 0 saturated carbocycles. The first-order chi connectivity index (χ1) is 4.86. The molecule has 0 saturated heterocycles. The van der Waals surface area contributed by atoms with Gasteiger partial charge in [0.05, 0.1) is 0 Å². The van der Waals surface area contributed by atoms with Crippen LogP contribution >= 0.6 is 11.6 Å². The molecule has 1 radical (unpaired) electrons. The summed E-state index contributed by atoms with van der Waals surface area (Å²) in [5.74, 6) is 0.513. The summed E-state index contributed by atoms with van der Waals surface area (Å²) in [6, 6.07) is 7.37. The van der Waals surface area contributed by atoms with Gasteiger partial charge in [-0.25, -0.2) is 5.11 Å². The third-order valence-electron chi connectivity index (χ3n) is 1.34. The van der Waals surface area contributed by atoms with Gasteiger partial charge in [0.1, 0.15) is 6.61 Å². The minimum atomic E-state index is -0.150. The van der Waals surface area contributed by atoms with Crippen LogP contribution in [0.3, 0.4) is 0 Å². The molecule has 1 nitrogen and oxygen atoms in total. The average molecular weight is 156 g/mol. The Bertz CT molecular complexity index is 170. The van der Waals surface area contributed by atoms with Gasteiger partial charge in [0, 0.05) is 5.88 Å². The third-order valence-corrected chi connectivity index (χ3v) is 1.65. The van der Waals surface area contributed by atoms with E-state index in [1.165, 1.54) is 0 Å². The Labute approximate surface area is 65.3 Å². The zero-order valence-corrected chi connectivity index (χ0v) is 6.27. The van der Waals surface area contributed by atoms with Gasteiger partial charge in [-0.15, -0.1) is 11.6 Å². The average Bonchev–Trinajstić information content (AvgIpc) is 2.05. The maximum atomic E-state index is 10.3. The zero-order chi connectivity index (χ0) is 7.40. The first kappa shape index (κ1) is 7.58. The molecule has 10 heavy (non-hydrogen) atoms. The molecule has 0 bridgehead atoms. The Morgan fingerprint density at radius 2 is 1.60 bits per heavy atom. The lowest BCUT2D eigenvalue weighted by molar-refractivity contribution is 0.177. The predicted octanol–water partition coefficient (Wildman–Crippen LogP) is 2.36. The molecule has 0 spiro atoms. The predicted molar refractivity (Wildman–Crippen MR) is 40.4 cm³/mol. The van der Waals surface area contributed by atoms with E-state index >= 15 is 0 Å². The molecule has 1 aromatic carbocycles. The number of rotatable bonds is 2. The molecule has 2 heteroatoms. The van der Waals surface area contributed by atoms with E-state index in [2.05, 4.69) is 0 Å². The minimum Gasteiger partial charge on any atom is -0.232 e.